The van der Waals surface area contributed by atoms with Gasteiger partial charge in [0.05, 0.1) is 11.6 Å². The lowest BCUT2D eigenvalue weighted by atomic mass is 10.1. The van der Waals surface area contributed by atoms with Gasteiger partial charge in [-0.15, -0.1) is 0 Å². The van der Waals surface area contributed by atoms with E-state index in [2.05, 4.69) is 29.1 Å². The first-order chi connectivity index (χ1) is 9.06. The van der Waals surface area contributed by atoms with Gasteiger partial charge in [0.15, 0.2) is 0 Å². The van der Waals surface area contributed by atoms with Crippen LogP contribution in [0.5, 0.6) is 0 Å². The Balaban J connectivity index is 2.14. The van der Waals surface area contributed by atoms with Crippen molar-refractivity contribution in [1.29, 1.82) is 0 Å². The maximum Gasteiger partial charge on any atom is 0.137 e. The van der Waals surface area contributed by atoms with E-state index in [0.29, 0.717) is 24.0 Å². The van der Waals surface area contributed by atoms with Gasteiger partial charge in [0, 0.05) is 17.6 Å². The summed E-state index contributed by atoms with van der Waals surface area (Å²) < 4.78 is 0. The molecule has 1 unspecified atom stereocenters. The van der Waals surface area contributed by atoms with Gasteiger partial charge in [0.2, 0.25) is 0 Å². The summed E-state index contributed by atoms with van der Waals surface area (Å²) in [6, 6.07) is 5.52. The van der Waals surface area contributed by atoms with E-state index < -0.39 is 0 Å². The molecule has 19 heavy (non-hydrogen) atoms. The third kappa shape index (κ3) is 3.54. The van der Waals surface area contributed by atoms with Crippen LogP contribution in [0.1, 0.15) is 20.3 Å². The van der Waals surface area contributed by atoms with E-state index in [1.165, 1.54) is 6.33 Å². The average Bonchev–Trinajstić information content (AvgIpc) is 2.35. The number of benzene rings is 1. The molecule has 0 fully saturated rings. The average molecular weight is 260 g/mol. The molecule has 0 aliphatic carbocycles. The fourth-order valence-electron chi connectivity index (χ4n) is 2.06. The standard InChI is InChI=1S/C14H20N4O/c1-9(2)5-11(19)7-16-14-12-6-10(15)3-4-13(12)17-8-18-14/h3-4,6,8-9,11,19H,5,7,15H2,1-2H3,(H,16,17,18). The maximum absolute atomic E-state index is 9.88. The van der Waals surface area contributed by atoms with Gasteiger partial charge in [-0.05, 0) is 30.5 Å². The topological polar surface area (TPSA) is 84.1 Å². The minimum Gasteiger partial charge on any atom is -0.399 e. The molecular weight excluding hydrogens is 240 g/mol. The molecule has 0 spiro atoms. The zero-order chi connectivity index (χ0) is 13.8. The number of aliphatic hydroxyl groups is 1. The molecule has 0 amide bonds. The van der Waals surface area contributed by atoms with Crippen molar-refractivity contribution in [3.8, 4) is 0 Å². The van der Waals surface area contributed by atoms with E-state index in [-0.39, 0.29) is 6.10 Å². The molecule has 2 rings (SSSR count). The normalized spacial score (nSPS) is 12.8. The van der Waals surface area contributed by atoms with Crippen LogP contribution in [0.2, 0.25) is 0 Å². The van der Waals surface area contributed by atoms with E-state index in [9.17, 15) is 5.11 Å². The van der Waals surface area contributed by atoms with E-state index in [1.54, 1.807) is 0 Å². The second-order valence-electron chi connectivity index (χ2n) is 5.16. The molecule has 2 aromatic rings. The quantitative estimate of drug-likeness (QED) is 0.716. The Morgan fingerprint density at radius 2 is 2.11 bits per heavy atom. The van der Waals surface area contributed by atoms with Crippen molar-refractivity contribution < 1.29 is 5.11 Å². The number of nitrogens with zero attached hydrogens (tertiary/aromatic N) is 2. The van der Waals surface area contributed by atoms with Gasteiger partial charge >= 0.3 is 0 Å². The van der Waals surface area contributed by atoms with Crippen LogP contribution in [-0.4, -0.2) is 27.7 Å². The van der Waals surface area contributed by atoms with E-state index in [4.69, 9.17) is 5.73 Å². The van der Waals surface area contributed by atoms with Crippen molar-refractivity contribution in [3.05, 3.63) is 24.5 Å². The Kier molecular flexibility index (Phi) is 4.16. The highest BCUT2D eigenvalue weighted by molar-refractivity contribution is 5.91. The fourth-order valence-corrected chi connectivity index (χ4v) is 2.06. The summed E-state index contributed by atoms with van der Waals surface area (Å²) in [5.74, 6) is 1.18. The maximum atomic E-state index is 9.88. The van der Waals surface area contributed by atoms with Gasteiger partial charge in [-0.1, -0.05) is 13.8 Å². The van der Waals surface area contributed by atoms with Crippen LogP contribution < -0.4 is 11.1 Å². The van der Waals surface area contributed by atoms with Crippen molar-refractivity contribution >= 4 is 22.4 Å². The van der Waals surface area contributed by atoms with Crippen LogP contribution in [0.15, 0.2) is 24.5 Å². The SMILES string of the molecule is CC(C)CC(O)CNc1ncnc2ccc(N)cc12. The molecular formula is C14H20N4O. The van der Waals surface area contributed by atoms with Gasteiger partial charge < -0.3 is 16.2 Å². The van der Waals surface area contributed by atoms with Crippen LogP contribution in [-0.2, 0) is 0 Å². The molecule has 0 saturated heterocycles. The molecule has 0 bridgehead atoms. The van der Waals surface area contributed by atoms with Crippen LogP contribution in [0.25, 0.3) is 10.9 Å². The highest BCUT2D eigenvalue weighted by atomic mass is 16.3. The molecule has 1 aromatic carbocycles. The van der Waals surface area contributed by atoms with Crippen molar-refractivity contribution in [2.45, 2.75) is 26.4 Å². The number of rotatable bonds is 5. The zero-order valence-corrected chi connectivity index (χ0v) is 11.3. The van der Waals surface area contributed by atoms with Crippen LogP contribution in [0, 0.1) is 5.92 Å². The molecule has 1 atom stereocenters. The Morgan fingerprint density at radius 1 is 1.32 bits per heavy atom. The van der Waals surface area contributed by atoms with Crippen molar-refractivity contribution in [2.24, 2.45) is 5.92 Å². The van der Waals surface area contributed by atoms with Gasteiger partial charge in [-0.25, -0.2) is 9.97 Å². The highest BCUT2D eigenvalue weighted by Crippen LogP contribution is 2.21. The highest BCUT2D eigenvalue weighted by Gasteiger charge is 2.09. The molecule has 102 valence electrons. The van der Waals surface area contributed by atoms with Crippen molar-refractivity contribution in [2.75, 3.05) is 17.6 Å². The number of nitrogens with two attached hydrogens (primary N) is 1. The Bertz CT molecular complexity index is 556. The molecule has 0 aliphatic heterocycles. The summed E-state index contributed by atoms with van der Waals surface area (Å²) in [7, 11) is 0. The molecule has 0 aliphatic rings. The first kappa shape index (κ1) is 13.5. The second kappa shape index (κ2) is 5.84. The molecule has 5 nitrogen and oxygen atoms in total. The molecule has 1 heterocycles. The van der Waals surface area contributed by atoms with E-state index >= 15 is 0 Å². The second-order valence-corrected chi connectivity index (χ2v) is 5.16. The van der Waals surface area contributed by atoms with E-state index in [0.717, 1.165) is 17.3 Å². The number of hydrogen-bond donors (Lipinski definition) is 3. The number of aromatic nitrogens is 2. The largest absolute Gasteiger partial charge is 0.399 e. The number of fused-ring (bicyclic) bond motifs is 1. The van der Waals surface area contributed by atoms with Crippen molar-refractivity contribution in [3.63, 3.8) is 0 Å². The van der Waals surface area contributed by atoms with Crippen LogP contribution in [0.4, 0.5) is 11.5 Å². The van der Waals surface area contributed by atoms with E-state index in [1.807, 2.05) is 18.2 Å². The fraction of sp³-hybridized carbons (Fsp3) is 0.429. The number of aliphatic hydroxyl groups excluding tert-OH is 1. The minimum atomic E-state index is -0.383. The van der Waals surface area contributed by atoms with Crippen LogP contribution >= 0.6 is 0 Å². The van der Waals surface area contributed by atoms with Gasteiger partial charge in [0.25, 0.3) is 0 Å². The number of anilines is 2. The monoisotopic (exact) mass is 260 g/mol. The number of hydrogen-bond acceptors (Lipinski definition) is 5. The zero-order valence-electron chi connectivity index (χ0n) is 11.3. The lowest BCUT2D eigenvalue weighted by molar-refractivity contribution is 0.161. The molecule has 5 heteroatoms. The summed E-state index contributed by atoms with van der Waals surface area (Å²) in [6.07, 6.45) is 1.89. The molecule has 0 radical (unpaired) electrons. The Morgan fingerprint density at radius 3 is 2.84 bits per heavy atom. The molecule has 1 aromatic heterocycles. The minimum absolute atomic E-state index is 0.383. The summed E-state index contributed by atoms with van der Waals surface area (Å²) in [5, 5.41) is 13.9. The third-order valence-electron chi connectivity index (χ3n) is 2.91. The first-order valence-electron chi connectivity index (χ1n) is 6.48. The predicted octanol–water partition coefficient (Wildman–Crippen LogP) is 2.03. The summed E-state index contributed by atoms with van der Waals surface area (Å²) in [5.41, 5.74) is 7.29. The third-order valence-corrected chi connectivity index (χ3v) is 2.91. The van der Waals surface area contributed by atoms with Crippen molar-refractivity contribution in [1.82, 2.24) is 9.97 Å². The Hall–Kier alpha value is -1.88. The first-order valence-corrected chi connectivity index (χ1v) is 6.48. The van der Waals surface area contributed by atoms with Gasteiger partial charge in [-0.3, -0.25) is 0 Å². The number of nitrogen functional groups attached to an aromatic ring is 1. The Labute approximate surface area is 112 Å². The lowest BCUT2D eigenvalue weighted by Crippen LogP contribution is -2.21. The summed E-state index contributed by atoms with van der Waals surface area (Å²) in [6.45, 7) is 4.65. The van der Waals surface area contributed by atoms with Gasteiger partial charge in [0.1, 0.15) is 12.1 Å². The predicted molar refractivity (Wildman–Crippen MR) is 77.9 cm³/mol. The summed E-state index contributed by atoms with van der Waals surface area (Å²) >= 11 is 0. The molecule has 4 N–H and O–H groups in total. The number of nitrogens with one attached hydrogen (secondary N) is 1. The lowest BCUT2D eigenvalue weighted by Gasteiger charge is -2.15. The smallest absolute Gasteiger partial charge is 0.137 e. The molecule has 0 saturated carbocycles. The summed E-state index contributed by atoms with van der Waals surface area (Å²) in [4.78, 5) is 8.40. The van der Waals surface area contributed by atoms with Gasteiger partial charge in [-0.2, -0.15) is 0 Å². The van der Waals surface area contributed by atoms with Crippen LogP contribution in [0.3, 0.4) is 0 Å².